The van der Waals surface area contributed by atoms with E-state index >= 15 is 0 Å². The molecule has 5 atom stereocenters. The van der Waals surface area contributed by atoms with Gasteiger partial charge in [0.1, 0.15) is 19.3 Å². The van der Waals surface area contributed by atoms with Gasteiger partial charge in [-0.3, -0.25) is 37.3 Å². The van der Waals surface area contributed by atoms with E-state index in [0.717, 1.165) is 135 Å². The van der Waals surface area contributed by atoms with Gasteiger partial charge >= 0.3 is 39.5 Å². The second-order valence-electron chi connectivity index (χ2n) is 25.6. The summed E-state index contributed by atoms with van der Waals surface area (Å²) < 4.78 is 68.4. The molecule has 0 saturated heterocycles. The highest BCUT2D eigenvalue weighted by Crippen LogP contribution is 2.45. The Kier molecular flexibility index (Phi) is 67.4. The SMILES string of the molecule is CC/C=C\C/C=C\C/C=C\C/C=C\CCCCC(=O)OCC(COP(=O)(O)OCC(O)COP(=O)(O)OCC(COC(=O)CCCCCCCCCCCCCCCCC)OC(=O)CCCCCCC/C=C\C/C=C\CCC)OC(=O)CCCCCCCCCCCCCCC. The highest BCUT2D eigenvalue weighted by atomic mass is 31.2. The Hall–Kier alpha value is -3.50. The lowest BCUT2D eigenvalue weighted by molar-refractivity contribution is -0.161. The van der Waals surface area contributed by atoms with Crippen molar-refractivity contribution in [1.82, 2.24) is 0 Å². The second kappa shape index (κ2) is 70.0. The molecule has 0 rings (SSSR count). The van der Waals surface area contributed by atoms with Crippen LogP contribution in [0.5, 0.6) is 0 Å². The number of rotatable bonds is 72. The molecule has 96 heavy (non-hydrogen) atoms. The van der Waals surface area contributed by atoms with E-state index in [2.05, 4.69) is 101 Å². The van der Waals surface area contributed by atoms with Gasteiger partial charge in [-0.1, -0.05) is 293 Å². The molecule has 3 N–H and O–H groups in total. The highest BCUT2D eigenvalue weighted by molar-refractivity contribution is 7.47. The van der Waals surface area contributed by atoms with Crippen molar-refractivity contribution >= 4 is 39.5 Å². The number of hydrogen-bond acceptors (Lipinski definition) is 15. The Balaban J connectivity index is 5.34. The van der Waals surface area contributed by atoms with Gasteiger partial charge in [0.15, 0.2) is 12.2 Å². The summed E-state index contributed by atoms with van der Waals surface area (Å²) in [5, 5.41) is 10.6. The number of aliphatic hydroxyl groups is 1. The predicted octanol–water partition coefficient (Wildman–Crippen LogP) is 21.7. The van der Waals surface area contributed by atoms with Gasteiger partial charge < -0.3 is 33.8 Å². The average molecular weight is 1400 g/mol. The van der Waals surface area contributed by atoms with Gasteiger partial charge in [0, 0.05) is 25.7 Å². The van der Waals surface area contributed by atoms with Gasteiger partial charge in [-0.2, -0.15) is 0 Å². The summed E-state index contributed by atoms with van der Waals surface area (Å²) in [6, 6.07) is 0. The molecule has 0 aliphatic carbocycles. The van der Waals surface area contributed by atoms with E-state index in [-0.39, 0.29) is 25.7 Å². The van der Waals surface area contributed by atoms with Crippen LogP contribution in [0.25, 0.3) is 0 Å². The highest BCUT2D eigenvalue weighted by Gasteiger charge is 2.30. The molecule has 0 heterocycles. The molecule has 19 heteroatoms. The van der Waals surface area contributed by atoms with Crippen molar-refractivity contribution in [2.75, 3.05) is 39.6 Å². The maximum absolute atomic E-state index is 13.1. The van der Waals surface area contributed by atoms with Crippen LogP contribution in [0.1, 0.15) is 336 Å². The van der Waals surface area contributed by atoms with Crippen LogP contribution in [0.15, 0.2) is 72.9 Å². The Morgan fingerprint density at radius 3 is 0.896 bits per heavy atom. The fourth-order valence-electron chi connectivity index (χ4n) is 10.4. The number of esters is 4. The van der Waals surface area contributed by atoms with E-state index in [4.69, 9.17) is 37.0 Å². The number of carbonyl (C=O) groups excluding carboxylic acids is 4. The average Bonchev–Trinajstić information content (AvgIpc) is 1.14. The number of hydrogen-bond donors (Lipinski definition) is 3. The molecule has 0 aliphatic rings. The molecule has 17 nitrogen and oxygen atoms in total. The molecule has 0 radical (unpaired) electrons. The Labute approximate surface area is 583 Å². The number of phosphoric acid groups is 2. The molecule has 0 saturated carbocycles. The minimum Gasteiger partial charge on any atom is -0.462 e. The molecule has 5 unspecified atom stereocenters. The number of ether oxygens (including phenoxy) is 4. The Bertz CT molecular complexity index is 2110. The molecule has 0 spiro atoms. The van der Waals surface area contributed by atoms with Crippen LogP contribution in [0, 0.1) is 0 Å². The van der Waals surface area contributed by atoms with Gasteiger partial charge in [0.05, 0.1) is 26.4 Å². The monoisotopic (exact) mass is 1400 g/mol. The van der Waals surface area contributed by atoms with Crippen molar-refractivity contribution in [3.8, 4) is 0 Å². The lowest BCUT2D eigenvalue weighted by atomic mass is 10.0. The molecular weight excluding hydrogens is 1260 g/mol. The van der Waals surface area contributed by atoms with Crippen LogP contribution in [-0.4, -0.2) is 96.7 Å². The first-order valence-electron chi connectivity index (χ1n) is 38.2. The fourth-order valence-corrected chi connectivity index (χ4v) is 11.9. The summed E-state index contributed by atoms with van der Waals surface area (Å²) in [6.45, 7) is 4.68. The minimum absolute atomic E-state index is 0.0822. The van der Waals surface area contributed by atoms with Crippen LogP contribution in [0.4, 0.5) is 0 Å². The minimum atomic E-state index is -4.98. The first-order valence-corrected chi connectivity index (χ1v) is 41.2. The smallest absolute Gasteiger partial charge is 0.462 e. The third-order valence-corrected chi connectivity index (χ3v) is 18.1. The summed E-state index contributed by atoms with van der Waals surface area (Å²) in [6.07, 6.45) is 69.0. The number of allylic oxidation sites excluding steroid dienone is 12. The lowest BCUT2D eigenvalue weighted by Gasteiger charge is -2.21. The summed E-state index contributed by atoms with van der Waals surface area (Å²) in [4.78, 5) is 72.8. The van der Waals surface area contributed by atoms with Gasteiger partial charge in [0.2, 0.25) is 0 Å². The van der Waals surface area contributed by atoms with Gasteiger partial charge in [-0.15, -0.1) is 0 Å². The van der Waals surface area contributed by atoms with Crippen molar-refractivity contribution in [3.63, 3.8) is 0 Å². The standard InChI is InChI=1S/C77H138O17P2/c1-5-9-13-17-21-25-29-33-35-39-41-45-49-53-57-61-74(79)87-67-72(93-76(81)63-59-55-51-47-43-37-31-27-23-19-15-11-7-3)69-91-95(83,84)89-65-71(78)66-90-96(85,86)92-70-73(94-77(82)64-60-56-52-48-44-38-32-28-24-20-16-12-8-4)68-88-75(80)62-58-54-50-46-42-40-36-34-30-26-22-18-14-10-6-2/h9,13,16,20-21,25,28,32-33,35,41,45,71-73,78H,5-8,10-12,14-15,17-19,22-24,26-27,29-31,34,36-40,42-44,46-70H2,1-4H3,(H,83,84)(H,85,86)/b13-9-,20-16-,25-21-,32-28-,35-33-,45-41-. The summed E-state index contributed by atoms with van der Waals surface area (Å²) in [5.74, 6) is -2.21. The van der Waals surface area contributed by atoms with E-state index in [1.807, 2.05) is 0 Å². The molecular formula is C77H138O17P2. The van der Waals surface area contributed by atoms with Crippen molar-refractivity contribution in [2.45, 2.75) is 354 Å². The zero-order valence-electron chi connectivity index (χ0n) is 60.8. The van der Waals surface area contributed by atoms with Gasteiger partial charge in [0.25, 0.3) is 0 Å². The Morgan fingerprint density at radius 1 is 0.302 bits per heavy atom. The van der Waals surface area contributed by atoms with Crippen molar-refractivity contribution in [1.29, 1.82) is 0 Å². The van der Waals surface area contributed by atoms with Crippen molar-refractivity contribution in [3.05, 3.63) is 72.9 Å². The second-order valence-corrected chi connectivity index (χ2v) is 28.5. The lowest BCUT2D eigenvalue weighted by Crippen LogP contribution is -2.30. The molecule has 558 valence electrons. The molecule has 0 amide bonds. The van der Waals surface area contributed by atoms with E-state index in [1.165, 1.54) is 122 Å². The van der Waals surface area contributed by atoms with Crippen LogP contribution in [0.2, 0.25) is 0 Å². The maximum atomic E-state index is 13.1. The van der Waals surface area contributed by atoms with Crippen LogP contribution in [0.3, 0.4) is 0 Å². The molecule has 0 aromatic carbocycles. The molecule has 0 aliphatic heterocycles. The maximum Gasteiger partial charge on any atom is 0.472 e. The first-order chi connectivity index (χ1) is 46.7. The summed E-state index contributed by atoms with van der Waals surface area (Å²) >= 11 is 0. The van der Waals surface area contributed by atoms with Crippen LogP contribution < -0.4 is 0 Å². The molecule has 0 aromatic heterocycles. The van der Waals surface area contributed by atoms with E-state index in [9.17, 15) is 43.2 Å². The predicted molar refractivity (Wildman–Crippen MR) is 390 cm³/mol. The van der Waals surface area contributed by atoms with E-state index in [0.29, 0.717) is 25.7 Å². The van der Waals surface area contributed by atoms with Crippen LogP contribution in [-0.2, 0) is 65.4 Å². The van der Waals surface area contributed by atoms with E-state index < -0.39 is 97.5 Å². The number of carbonyl (C=O) groups is 4. The third kappa shape index (κ3) is 69.0. The van der Waals surface area contributed by atoms with E-state index in [1.54, 1.807) is 0 Å². The number of unbranched alkanes of at least 4 members (excludes halogenated alkanes) is 34. The van der Waals surface area contributed by atoms with Crippen molar-refractivity contribution < 1.29 is 80.2 Å². The summed E-state index contributed by atoms with van der Waals surface area (Å²) in [5.41, 5.74) is 0. The largest absolute Gasteiger partial charge is 0.472 e. The normalized spacial score (nSPS) is 14.4. The number of phosphoric ester groups is 2. The molecule has 0 aromatic rings. The van der Waals surface area contributed by atoms with Gasteiger partial charge in [-0.05, 0) is 89.9 Å². The molecule has 0 fully saturated rings. The van der Waals surface area contributed by atoms with Crippen LogP contribution >= 0.6 is 15.6 Å². The Morgan fingerprint density at radius 2 is 0.562 bits per heavy atom. The summed E-state index contributed by atoms with van der Waals surface area (Å²) in [7, 11) is -9.95. The van der Waals surface area contributed by atoms with Crippen molar-refractivity contribution in [2.24, 2.45) is 0 Å². The fraction of sp³-hybridized carbons (Fsp3) is 0.792. The number of aliphatic hydroxyl groups excluding tert-OH is 1. The molecule has 0 bridgehead atoms. The quantitative estimate of drug-likeness (QED) is 0.0169. The third-order valence-electron chi connectivity index (χ3n) is 16.2. The van der Waals surface area contributed by atoms with Gasteiger partial charge in [-0.25, -0.2) is 9.13 Å². The zero-order chi connectivity index (χ0) is 70.4. The topological polar surface area (TPSA) is 237 Å². The zero-order valence-corrected chi connectivity index (χ0v) is 62.6. The first kappa shape index (κ1) is 92.5.